The van der Waals surface area contributed by atoms with Gasteiger partial charge in [0.25, 0.3) is 5.56 Å². The molecule has 0 aliphatic heterocycles. The molecular formula is C13H17IN2O. The maximum Gasteiger partial charge on any atom is 0.264 e. The molecule has 1 aromatic heterocycles. The van der Waals surface area contributed by atoms with Crippen LogP contribution < -0.4 is 5.56 Å². The maximum atomic E-state index is 11.9. The highest BCUT2D eigenvalue weighted by Crippen LogP contribution is 2.35. The number of aromatic nitrogens is 2. The summed E-state index contributed by atoms with van der Waals surface area (Å²) < 4.78 is 0.814. The molecule has 3 rings (SSSR count). The molecule has 1 heterocycles. The van der Waals surface area contributed by atoms with Crippen LogP contribution in [0.4, 0.5) is 0 Å². The molecule has 4 heteroatoms. The molecular weight excluding hydrogens is 327 g/mol. The van der Waals surface area contributed by atoms with Crippen LogP contribution in [0.2, 0.25) is 0 Å². The molecule has 0 saturated heterocycles. The SMILES string of the molecule is O=c1[nH]c(CC2CC2)nc(C2CCCC2)c1I. The highest BCUT2D eigenvalue weighted by molar-refractivity contribution is 14.1. The number of nitrogens with zero attached hydrogens (tertiary/aromatic N) is 1. The van der Waals surface area contributed by atoms with Gasteiger partial charge >= 0.3 is 0 Å². The second kappa shape index (κ2) is 4.71. The number of H-pyrrole nitrogens is 1. The van der Waals surface area contributed by atoms with Crippen LogP contribution in [0.5, 0.6) is 0 Å². The van der Waals surface area contributed by atoms with Crippen LogP contribution >= 0.6 is 22.6 Å². The molecule has 1 N–H and O–H groups in total. The Hall–Kier alpha value is -0.390. The Labute approximate surface area is 115 Å². The fourth-order valence-corrected chi connectivity index (χ4v) is 3.38. The van der Waals surface area contributed by atoms with E-state index in [9.17, 15) is 4.79 Å². The van der Waals surface area contributed by atoms with Gasteiger partial charge in [-0.05, 0) is 54.2 Å². The molecule has 0 unspecified atom stereocenters. The topological polar surface area (TPSA) is 45.8 Å². The number of halogens is 1. The van der Waals surface area contributed by atoms with E-state index < -0.39 is 0 Å². The molecule has 0 aromatic carbocycles. The molecule has 2 saturated carbocycles. The van der Waals surface area contributed by atoms with Crippen LogP contribution in [0.25, 0.3) is 0 Å². The zero-order valence-electron chi connectivity index (χ0n) is 9.84. The zero-order valence-corrected chi connectivity index (χ0v) is 12.0. The molecule has 0 radical (unpaired) electrons. The number of nitrogens with one attached hydrogen (secondary N) is 1. The minimum atomic E-state index is 0.0677. The first-order valence-electron chi connectivity index (χ1n) is 6.52. The van der Waals surface area contributed by atoms with E-state index in [1.807, 2.05) is 0 Å². The minimum Gasteiger partial charge on any atom is -0.310 e. The molecule has 2 fully saturated rings. The van der Waals surface area contributed by atoms with Gasteiger partial charge in [0, 0.05) is 12.3 Å². The average molecular weight is 344 g/mol. The summed E-state index contributed by atoms with van der Waals surface area (Å²) in [4.78, 5) is 19.6. The van der Waals surface area contributed by atoms with Crippen LogP contribution in [-0.4, -0.2) is 9.97 Å². The van der Waals surface area contributed by atoms with E-state index in [1.54, 1.807) is 0 Å². The van der Waals surface area contributed by atoms with Gasteiger partial charge in [-0.1, -0.05) is 12.8 Å². The van der Waals surface area contributed by atoms with Gasteiger partial charge in [-0.3, -0.25) is 4.79 Å². The highest BCUT2D eigenvalue weighted by Gasteiger charge is 2.26. The highest BCUT2D eigenvalue weighted by atomic mass is 127. The quantitative estimate of drug-likeness (QED) is 0.857. The number of hydrogen-bond donors (Lipinski definition) is 1. The largest absolute Gasteiger partial charge is 0.310 e. The van der Waals surface area contributed by atoms with E-state index in [0.29, 0.717) is 5.92 Å². The fraction of sp³-hybridized carbons (Fsp3) is 0.692. The van der Waals surface area contributed by atoms with Crippen molar-refractivity contribution in [3.05, 3.63) is 25.4 Å². The van der Waals surface area contributed by atoms with Gasteiger partial charge in [-0.25, -0.2) is 4.98 Å². The van der Waals surface area contributed by atoms with Crippen molar-refractivity contribution in [1.29, 1.82) is 0 Å². The van der Waals surface area contributed by atoms with Crippen molar-refractivity contribution in [3.63, 3.8) is 0 Å². The third kappa shape index (κ3) is 2.56. The monoisotopic (exact) mass is 344 g/mol. The van der Waals surface area contributed by atoms with Crippen LogP contribution in [-0.2, 0) is 6.42 Å². The summed E-state index contributed by atoms with van der Waals surface area (Å²) in [5.74, 6) is 2.22. The third-order valence-corrected chi connectivity index (χ3v) is 4.90. The van der Waals surface area contributed by atoms with Gasteiger partial charge in [-0.2, -0.15) is 0 Å². The molecule has 0 spiro atoms. The molecule has 0 amide bonds. The first-order chi connectivity index (χ1) is 8.24. The number of aromatic amines is 1. The van der Waals surface area contributed by atoms with Crippen LogP contribution in [0.15, 0.2) is 4.79 Å². The molecule has 0 bridgehead atoms. The Kier molecular flexibility index (Phi) is 3.23. The Morgan fingerprint density at radius 2 is 1.94 bits per heavy atom. The van der Waals surface area contributed by atoms with Gasteiger partial charge in [0.2, 0.25) is 0 Å². The van der Waals surface area contributed by atoms with Crippen molar-refractivity contribution in [1.82, 2.24) is 9.97 Å². The first kappa shape index (κ1) is 11.7. The van der Waals surface area contributed by atoms with Crippen molar-refractivity contribution in [3.8, 4) is 0 Å². The Balaban J connectivity index is 1.93. The molecule has 92 valence electrons. The molecule has 2 aliphatic carbocycles. The van der Waals surface area contributed by atoms with E-state index in [0.717, 1.165) is 27.4 Å². The lowest BCUT2D eigenvalue weighted by atomic mass is 10.0. The van der Waals surface area contributed by atoms with Crippen molar-refractivity contribution in [2.45, 2.75) is 50.9 Å². The van der Waals surface area contributed by atoms with Gasteiger partial charge < -0.3 is 4.98 Å². The fourth-order valence-electron chi connectivity index (χ4n) is 2.69. The summed E-state index contributed by atoms with van der Waals surface area (Å²) in [5, 5.41) is 0. The summed E-state index contributed by atoms with van der Waals surface area (Å²) >= 11 is 2.15. The van der Waals surface area contributed by atoms with Crippen molar-refractivity contribution >= 4 is 22.6 Å². The average Bonchev–Trinajstić information content (AvgIpc) is 2.95. The van der Waals surface area contributed by atoms with Gasteiger partial charge in [0.1, 0.15) is 5.82 Å². The normalized spacial score (nSPS) is 21.0. The van der Waals surface area contributed by atoms with Crippen molar-refractivity contribution in [2.75, 3.05) is 0 Å². The Morgan fingerprint density at radius 1 is 1.24 bits per heavy atom. The van der Waals surface area contributed by atoms with E-state index in [1.165, 1.54) is 38.5 Å². The van der Waals surface area contributed by atoms with Crippen molar-refractivity contribution in [2.24, 2.45) is 5.92 Å². The minimum absolute atomic E-state index is 0.0677. The predicted octanol–water partition coefficient (Wildman–Crippen LogP) is 2.98. The van der Waals surface area contributed by atoms with Crippen LogP contribution in [0, 0.1) is 9.49 Å². The molecule has 17 heavy (non-hydrogen) atoms. The first-order valence-corrected chi connectivity index (χ1v) is 7.60. The predicted molar refractivity (Wildman–Crippen MR) is 75.2 cm³/mol. The summed E-state index contributed by atoms with van der Waals surface area (Å²) in [6.07, 6.45) is 8.54. The second-order valence-electron chi connectivity index (χ2n) is 5.34. The van der Waals surface area contributed by atoms with Gasteiger partial charge in [0.05, 0.1) is 9.26 Å². The smallest absolute Gasteiger partial charge is 0.264 e. The summed E-state index contributed by atoms with van der Waals surface area (Å²) in [6.45, 7) is 0. The summed E-state index contributed by atoms with van der Waals surface area (Å²) in [5.41, 5.74) is 1.14. The van der Waals surface area contributed by atoms with Crippen LogP contribution in [0.3, 0.4) is 0 Å². The molecule has 0 atom stereocenters. The third-order valence-electron chi connectivity index (χ3n) is 3.86. The standard InChI is InChI=1S/C13H17IN2O/c14-11-12(9-3-1-2-4-9)15-10(16-13(11)17)7-8-5-6-8/h8-9H,1-7H2,(H,15,16,17). The lowest BCUT2D eigenvalue weighted by Gasteiger charge is -2.11. The van der Waals surface area contributed by atoms with Gasteiger partial charge in [-0.15, -0.1) is 0 Å². The Bertz CT molecular complexity index is 473. The van der Waals surface area contributed by atoms with E-state index in [4.69, 9.17) is 4.98 Å². The second-order valence-corrected chi connectivity index (χ2v) is 6.42. The summed E-state index contributed by atoms with van der Waals surface area (Å²) in [7, 11) is 0. The molecule has 1 aromatic rings. The van der Waals surface area contributed by atoms with Gasteiger partial charge in [0.15, 0.2) is 0 Å². The van der Waals surface area contributed by atoms with Crippen molar-refractivity contribution < 1.29 is 0 Å². The lowest BCUT2D eigenvalue weighted by molar-refractivity contribution is 0.662. The maximum absolute atomic E-state index is 11.9. The Morgan fingerprint density at radius 3 is 2.59 bits per heavy atom. The lowest BCUT2D eigenvalue weighted by Crippen LogP contribution is -2.19. The number of rotatable bonds is 3. The van der Waals surface area contributed by atoms with E-state index in [2.05, 4.69) is 27.6 Å². The van der Waals surface area contributed by atoms with Crippen LogP contribution in [0.1, 0.15) is 56.0 Å². The van der Waals surface area contributed by atoms with E-state index in [-0.39, 0.29) is 5.56 Å². The number of hydrogen-bond acceptors (Lipinski definition) is 2. The molecule has 2 aliphatic rings. The molecule has 3 nitrogen and oxygen atoms in total. The summed E-state index contributed by atoms with van der Waals surface area (Å²) in [6, 6.07) is 0. The zero-order chi connectivity index (χ0) is 11.8. The van der Waals surface area contributed by atoms with E-state index >= 15 is 0 Å².